The maximum absolute atomic E-state index is 12.8. The molecule has 0 saturated carbocycles. The van der Waals surface area contributed by atoms with Gasteiger partial charge in [0.2, 0.25) is 0 Å². The maximum Gasteiger partial charge on any atom is 0.417 e. The molecule has 0 spiro atoms. The molecular formula is C20H21F3N4O2. The molecule has 3 rings (SSSR count). The molecule has 0 unspecified atom stereocenters. The number of halogens is 3. The monoisotopic (exact) mass is 406 g/mol. The van der Waals surface area contributed by atoms with Gasteiger partial charge in [-0.05, 0) is 36.2 Å². The van der Waals surface area contributed by atoms with Gasteiger partial charge in [-0.15, -0.1) is 0 Å². The summed E-state index contributed by atoms with van der Waals surface area (Å²) in [6, 6.07) is 9.45. The normalized spacial score (nSPS) is 15.4. The second kappa shape index (κ2) is 8.93. The fourth-order valence-corrected chi connectivity index (χ4v) is 3.10. The molecule has 0 radical (unpaired) electrons. The zero-order valence-electron chi connectivity index (χ0n) is 15.9. The lowest BCUT2D eigenvalue weighted by Gasteiger charge is -2.23. The first-order valence-electron chi connectivity index (χ1n) is 9.12. The van der Waals surface area contributed by atoms with Gasteiger partial charge in [0.15, 0.2) is 0 Å². The van der Waals surface area contributed by atoms with E-state index in [1.807, 2.05) is 4.90 Å². The van der Waals surface area contributed by atoms with Crippen molar-refractivity contribution < 1.29 is 22.8 Å². The molecule has 9 heteroatoms. The summed E-state index contributed by atoms with van der Waals surface area (Å²) >= 11 is 0. The average Bonchev–Trinajstić information content (AvgIpc) is 2.98. The van der Waals surface area contributed by atoms with E-state index in [0.717, 1.165) is 17.8 Å². The van der Waals surface area contributed by atoms with Gasteiger partial charge < -0.3 is 14.6 Å². The van der Waals surface area contributed by atoms with Gasteiger partial charge in [0, 0.05) is 37.9 Å². The van der Waals surface area contributed by atoms with E-state index < -0.39 is 11.7 Å². The Labute approximate surface area is 166 Å². The lowest BCUT2D eigenvalue weighted by molar-refractivity contribution is -0.137. The number of amides is 1. The highest BCUT2D eigenvalue weighted by Crippen LogP contribution is 2.29. The third kappa shape index (κ3) is 5.24. The van der Waals surface area contributed by atoms with Gasteiger partial charge in [-0.25, -0.2) is 4.98 Å². The van der Waals surface area contributed by atoms with Crippen LogP contribution in [0.4, 0.5) is 19.0 Å². The van der Waals surface area contributed by atoms with Crippen molar-refractivity contribution in [2.45, 2.75) is 12.6 Å². The number of hydrogen-bond acceptors (Lipinski definition) is 5. The number of carbonyl (C=O) groups excluding carboxylic acids is 1. The summed E-state index contributed by atoms with van der Waals surface area (Å²) in [5.74, 6) is 0.400. The van der Waals surface area contributed by atoms with E-state index in [4.69, 9.17) is 0 Å². The van der Waals surface area contributed by atoms with Crippen LogP contribution in [0.1, 0.15) is 27.9 Å². The number of aromatic nitrogens is 1. The van der Waals surface area contributed by atoms with Gasteiger partial charge in [0.1, 0.15) is 12.9 Å². The molecule has 154 valence electrons. The Kier molecular flexibility index (Phi) is 6.36. The smallest absolute Gasteiger partial charge is 0.399 e. The third-order valence-electron chi connectivity index (χ3n) is 4.65. The summed E-state index contributed by atoms with van der Waals surface area (Å²) < 4.78 is 38.1. The SMILES string of the molecule is CO/N=C/c1ccc(C(=O)N2CCCN(c3ccc(C(F)(F)F)cn3)CC2)cc1. The number of anilines is 1. The number of nitrogens with zero attached hydrogens (tertiary/aromatic N) is 4. The molecule has 1 aliphatic rings. The third-order valence-corrected chi connectivity index (χ3v) is 4.65. The van der Waals surface area contributed by atoms with Crippen molar-refractivity contribution in [3.63, 3.8) is 0 Å². The number of benzene rings is 1. The van der Waals surface area contributed by atoms with Crippen LogP contribution in [0.3, 0.4) is 0 Å². The molecule has 1 aliphatic heterocycles. The largest absolute Gasteiger partial charge is 0.417 e. The molecule has 0 aliphatic carbocycles. The Balaban J connectivity index is 1.63. The molecule has 1 amide bonds. The van der Waals surface area contributed by atoms with Crippen molar-refractivity contribution in [2.75, 3.05) is 38.2 Å². The van der Waals surface area contributed by atoms with Gasteiger partial charge >= 0.3 is 6.18 Å². The summed E-state index contributed by atoms with van der Waals surface area (Å²) in [6.07, 6.45) is -1.31. The quantitative estimate of drug-likeness (QED) is 0.577. The van der Waals surface area contributed by atoms with E-state index in [1.165, 1.54) is 13.2 Å². The molecule has 1 aromatic heterocycles. The molecule has 0 N–H and O–H groups in total. The predicted molar refractivity (Wildman–Crippen MR) is 103 cm³/mol. The standard InChI is InChI=1S/C20H21F3N4O2/c1-29-25-13-15-3-5-16(6-4-15)19(28)27-10-2-9-26(11-12-27)18-8-7-17(14-24-18)20(21,22)23/h3-8,13-14H,2,9-12H2,1H3/b25-13+. The van der Waals surface area contributed by atoms with Crippen LogP contribution < -0.4 is 4.90 Å². The summed E-state index contributed by atoms with van der Waals surface area (Å²) in [6.45, 7) is 2.16. The van der Waals surface area contributed by atoms with Crippen LogP contribution >= 0.6 is 0 Å². The fraction of sp³-hybridized carbons (Fsp3) is 0.350. The van der Waals surface area contributed by atoms with Gasteiger partial charge in [-0.2, -0.15) is 13.2 Å². The average molecular weight is 406 g/mol. The molecule has 0 atom stereocenters. The second-order valence-corrected chi connectivity index (χ2v) is 6.57. The van der Waals surface area contributed by atoms with Crippen LogP contribution in [0.5, 0.6) is 0 Å². The molecular weight excluding hydrogens is 385 g/mol. The van der Waals surface area contributed by atoms with Crippen LogP contribution in [-0.2, 0) is 11.0 Å². The summed E-state index contributed by atoms with van der Waals surface area (Å²) in [5.41, 5.74) is 0.617. The Bertz CT molecular complexity index is 852. The zero-order valence-corrected chi connectivity index (χ0v) is 15.9. The minimum absolute atomic E-state index is 0.0811. The summed E-state index contributed by atoms with van der Waals surface area (Å²) in [4.78, 5) is 25.0. The van der Waals surface area contributed by atoms with Gasteiger partial charge in [0.25, 0.3) is 5.91 Å². The van der Waals surface area contributed by atoms with Crippen LogP contribution in [0, 0.1) is 0 Å². The lowest BCUT2D eigenvalue weighted by atomic mass is 10.1. The lowest BCUT2D eigenvalue weighted by Crippen LogP contribution is -2.35. The highest BCUT2D eigenvalue weighted by molar-refractivity contribution is 5.95. The van der Waals surface area contributed by atoms with Crippen LogP contribution in [-0.4, -0.2) is 55.3 Å². The first-order valence-corrected chi connectivity index (χ1v) is 9.12. The van der Waals surface area contributed by atoms with Crippen molar-refractivity contribution >= 4 is 17.9 Å². The Morgan fingerprint density at radius 2 is 1.86 bits per heavy atom. The number of carbonyl (C=O) groups is 1. The van der Waals surface area contributed by atoms with Crippen molar-refractivity contribution in [1.29, 1.82) is 0 Å². The van der Waals surface area contributed by atoms with Crippen LogP contribution in [0.25, 0.3) is 0 Å². The molecule has 29 heavy (non-hydrogen) atoms. The van der Waals surface area contributed by atoms with Gasteiger partial charge in [-0.1, -0.05) is 17.3 Å². The first kappa shape index (κ1) is 20.6. The topological polar surface area (TPSA) is 58.0 Å². The zero-order chi connectivity index (χ0) is 20.9. The minimum atomic E-state index is -4.40. The molecule has 2 aromatic rings. The van der Waals surface area contributed by atoms with E-state index in [-0.39, 0.29) is 5.91 Å². The molecule has 1 aromatic carbocycles. The van der Waals surface area contributed by atoms with Crippen LogP contribution in [0.15, 0.2) is 47.8 Å². The van der Waals surface area contributed by atoms with E-state index >= 15 is 0 Å². The highest BCUT2D eigenvalue weighted by atomic mass is 19.4. The summed E-state index contributed by atoms with van der Waals surface area (Å²) in [7, 11) is 1.46. The predicted octanol–water partition coefficient (Wildman–Crippen LogP) is 3.43. The van der Waals surface area contributed by atoms with E-state index in [9.17, 15) is 18.0 Å². The molecule has 1 fully saturated rings. The van der Waals surface area contributed by atoms with Gasteiger partial charge in [0.05, 0.1) is 11.8 Å². The fourth-order valence-electron chi connectivity index (χ4n) is 3.10. The number of rotatable bonds is 4. The van der Waals surface area contributed by atoms with Crippen molar-refractivity contribution in [2.24, 2.45) is 5.16 Å². The van der Waals surface area contributed by atoms with Crippen molar-refractivity contribution in [3.8, 4) is 0 Å². The maximum atomic E-state index is 12.8. The van der Waals surface area contributed by atoms with Crippen molar-refractivity contribution in [3.05, 3.63) is 59.3 Å². The van der Waals surface area contributed by atoms with Crippen molar-refractivity contribution in [1.82, 2.24) is 9.88 Å². The minimum Gasteiger partial charge on any atom is -0.399 e. The Hall–Kier alpha value is -3.10. The number of oxime groups is 1. The van der Waals surface area contributed by atoms with E-state index in [0.29, 0.717) is 44.0 Å². The molecule has 2 heterocycles. The van der Waals surface area contributed by atoms with E-state index in [1.54, 1.807) is 35.4 Å². The second-order valence-electron chi connectivity index (χ2n) is 6.57. The Morgan fingerprint density at radius 3 is 2.48 bits per heavy atom. The molecule has 1 saturated heterocycles. The molecule has 6 nitrogen and oxygen atoms in total. The molecule has 0 bridgehead atoms. The van der Waals surface area contributed by atoms with Crippen LogP contribution in [0.2, 0.25) is 0 Å². The highest BCUT2D eigenvalue weighted by Gasteiger charge is 2.31. The first-order chi connectivity index (χ1) is 13.9. The number of hydrogen-bond donors (Lipinski definition) is 0. The number of alkyl halides is 3. The Morgan fingerprint density at radius 1 is 1.10 bits per heavy atom. The van der Waals surface area contributed by atoms with E-state index in [2.05, 4.69) is 15.0 Å². The summed E-state index contributed by atoms with van der Waals surface area (Å²) in [5, 5.41) is 3.68. The number of pyridine rings is 1. The van der Waals surface area contributed by atoms with Gasteiger partial charge in [-0.3, -0.25) is 4.79 Å².